The number of nitrogens with zero attached hydrogens (tertiary/aromatic N) is 3. The molecule has 1 unspecified atom stereocenters. The van der Waals surface area contributed by atoms with Gasteiger partial charge in [-0.3, -0.25) is 14.4 Å². The lowest BCUT2D eigenvalue weighted by Gasteiger charge is -2.19. The number of imidazole rings is 1. The van der Waals surface area contributed by atoms with E-state index in [1.165, 1.54) is 7.11 Å². The topological polar surface area (TPSA) is 95.6 Å². The van der Waals surface area contributed by atoms with Gasteiger partial charge in [-0.25, -0.2) is 4.98 Å². The van der Waals surface area contributed by atoms with Crippen LogP contribution < -0.4 is 0 Å². The third kappa shape index (κ3) is 4.34. The Morgan fingerprint density at radius 2 is 2.00 bits per heavy atom. The number of aromatic amines is 1. The lowest BCUT2D eigenvalue weighted by molar-refractivity contribution is -0.146. The van der Waals surface area contributed by atoms with Crippen LogP contribution in [0, 0.1) is 5.92 Å². The van der Waals surface area contributed by atoms with Crippen LogP contribution in [0.3, 0.4) is 0 Å². The van der Waals surface area contributed by atoms with Gasteiger partial charge in [0, 0.05) is 26.2 Å². The molecule has 166 valence electrons. The van der Waals surface area contributed by atoms with Gasteiger partial charge in [-0.05, 0) is 41.8 Å². The van der Waals surface area contributed by atoms with Gasteiger partial charge in [-0.1, -0.05) is 18.2 Å². The second-order valence-electron chi connectivity index (χ2n) is 8.22. The van der Waals surface area contributed by atoms with Crippen molar-refractivity contribution in [3.05, 3.63) is 65.0 Å². The molecule has 1 aliphatic rings. The first kappa shape index (κ1) is 21.5. The zero-order chi connectivity index (χ0) is 22.8. The smallest absolute Gasteiger partial charge is 0.306 e. The summed E-state index contributed by atoms with van der Waals surface area (Å²) in [6.07, 6.45) is 0.483. The summed E-state index contributed by atoms with van der Waals surface area (Å²) < 4.78 is 4.74. The zero-order valence-corrected chi connectivity index (χ0v) is 18.4. The van der Waals surface area contributed by atoms with Crippen molar-refractivity contribution in [3.8, 4) is 0 Å². The van der Waals surface area contributed by atoms with E-state index in [-0.39, 0.29) is 18.2 Å². The van der Waals surface area contributed by atoms with E-state index in [4.69, 9.17) is 4.74 Å². The van der Waals surface area contributed by atoms with E-state index in [0.717, 1.165) is 22.2 Å². The number of rotatable bonds is 5. The van der Waals surface area contributed by atoms with E-state index in [2.05, 4.69) is 9.97 Å². The van der Waals surface area contributed by atoms with Crippen LogP contribution in [0.4, 0.5) is 0 Å². The Morgan fingerprint density at radius 1 is 1.22 bits per heavy atom. The van der Waals surface area contributed by atoms with Crippen LogP contribution in [0.2, 0.25) is 0 Å². The molecule has 4 rings (SSSR count). The van der Waals surface area contributed by atoms with Gasteiger partial charge in [-0.2, -0.15) is 0 Å². The van der Waals surface area contributed by atoms with E-state index >= 15 is 0 Å². The quantitative estimate of drug-likeness (QED) is 0.623. The van der Waals surface area contributed by atoms with Gasteiger partial charge in [0.1, 0.15) is 5.82 Å². The fourth-order valence-corrected chi connectivity index (χ4v) is 4.14. The van der Waals surface area contributed by atoms with Crippen LogP contribution in [0.5, 0.6) is 0 Å². The molecule has 0 fully saturated rings. The number of para-hydroxylation sites is 2. The minimum absolute atomic E-state index is 0.0417. The average Bonchev–Trinajstić information content (AvgIpc) is 3.15. The third-order valence-corrected chi connectivity index (χ3v) is 5.87. The SMILES string of the molecule is COC(=O)CC1Cc2ccc(C(=O)N(C)Cc3nc4ccccc4[nH]3)cc2CN(C)C1=O. The molecule has 2 amide bonds. The van der Waals surface area contributed by atoms with Crippen molar-refractivity contribution in [1.82, 2.24) is 19.8 Å². The highest BCUT2D eigenvalue weighted by Gasteiger charge is 2.30. The molecular weight excluding hydrogens is 408 g/mol. The Labute approximate surface area is 186 Å². The molecule has 0 saturated heterocycles. The fraction of sp³-hybridized carbons (Fsp3) is 0.333. The summed E-state index contributed by atoms with van der Waals surface area (Å²) >= 11 is 0. The van der Waals surface area contributed by atoms with Crippen molar-refractivity contribution in [3.63, 3.8) is 0 Å². The number of carbonyl (C=O) groups is 3. The Morgan fingerprint density at radius 3 is 2.75 bits per heavy atom. The number of hydrogen-bond donors (Lipinski definition) is 1. The second-order valence-corrected chi connectivity index (χ2v) is 8.22. The molecular formula is C24H26N4O4. The van der Waals surface area contributed by atoms with Crippen molar-refractivity contribution in [2.24, 2.45) is 5.92 Å². The lowest BCUT2D eigenvalue weighted by atomic mass is 9.93. The second kappa shape index (κ2) is 8.82. The summed E-state index contributed by atoms with van der Waals surface area (Å²) in [5.74, 6) is -0.378. The number of carbonyl (C=O) groups excluding carboxylic acids is 3. The van der Waals surface area contributed by atoms with Crippen LogP contribution in [0.1, 0.15) is 33.7 Å². The molecule has 1 atom stereocenters. The first-order valence-electron chi connectivity index (χ1n) is 10.5. The molecule has 0 bridgehead atoms. The minimum Gasteiger partial charge on any atom is -0.469 e. The molecule has 0 spiro atoms. The van der Waals surface area contributed by atoms with Gasteiger partial charge in [0.15, 0.2) is 0 Å². The van der Waals surface area contributed by atoms with Crippen molar-refractivity contribution in [2.45, 2.75) is 25.9 Å². The van der Waals surface area contributed by atoms with Gasteiger partial charge < -0.3 is 19.5 Å². The summed E-state index contributed by atoms with van der Waals surface area (Å²) in [7, 11) is 4.77. The number of benzene rings is 2. The number of ether oxygens (including phenoxy) is 1. The maximum Gasteiger partial charge on any atom is 0.306 e. The normalized spacial score (nSPS) is 15.9. The van der Waals surface area contributed by atoms with E-state index < -0.39 is 11.9 Å². The lowest BCUT2D eigenvalue weighted by Crippen LogP contribution is -2.32. The van der Waals surface area contributed by atoms with Crippen molar-refractivity contribution in [2.75, 3.05) is 21.2 Å². The molecule has 3 aromatic rings. The van der Waals surface area contributed by atoms with Gasteiger partial charge in [0.05, 0.1) is 37.0 Å². The van der Waals surface area contributed by atoms with Crippen molar-refractivity contribution in [1.29, 1.82) is 0 Å². The van der Waals surface area contributed by atoms with Crippen LogP contribution in [0.15, 0.2) is 42.5 Å². The molecule has 2 heterocycles. The summed E-state index contributed by atoms with van der Waals surface area (Å²) in [6.45, 7) is 0.741. The summed E-state index contributed by atoms with van der Waals surface area (Å²) in [5.41, 5.74) is 4.23. The number of hydrogen-bond acceptors (Lipinski definition) is 5. The molecule has 32 heavy (non-hydrogen) atoms. The molecule has 2 aromatic carbocycles. The predicted octanol–water partition coefficient (Wildman–Crippen LogP) is 2.53. The van der Waals surface area contributed by atoms with Crippen LogP contribution >= 0.6 is 0 Å². The van der Waals surface area contributed by atoms with E-state index in [9.17, 15) is 14.4 Å². The third-order valence-electron chi connectivity index (χ3n) is 5.87. The largest absolute Gasteiger partial charge is 0.469 e. The molecule has 0 saturated carbocycles. The number of fused-ring (bicyclic) bond motifs is 2. The maximum absolute atomic E-state index is 13.1. The number of aromatic nitrogens is 2. The Balaban J connectivity index is 1.52. The van der Waals surface area contributed by atoms with Crippen LogP contribution in [-0.2, 0) is 33.8 Å². The Kier molecular flexibility index (Phi) is 5.94. The first-order chi connectivity index (χ1) is 15.4. The molecule has 1 N–H and O–H groups in total. The number of nitrogens with one attached hydrogen (secondary N) is 1. The number of H-pyrrole nitrogens is 1. The van der Waals surface area contributed by atoms with E-state index in [0.29, 0.717) is 30.9 Å². The molecule has 1 aliphatic heterocycles. The van der Waals surface area contributed by atoms with Gasteiger partial charge in [0.2, 0.25) is 5.91 Å². The van der Waals surface area contributed by atoms with Gasteiger partial charge >= 0.3 is 5.97 Å². The van der Waals surface area contributed by atoms with E-state index in [1.807, 2.05) is 36.4 Å². The van der Waals surface area contributed by atoms with Crippen LogP contribution in [0.25, 0.3) is 11.0 Å². The monoisotopic (exact) mass is 434 g/mol. The molecule has 8 heteroatoms. The highest BCUT2D eigenvalue weighted by atomic mass is 16.5. The molecule has 8 nitrogen and oxygen atoms in total. The number of amides is 2. The highest BCUT2D eigenvalue weighted by Crippen LogP contribution is 2.26. The van der Waals surface area contributed by atoms with Crippen molar-refractivity contribution < 1.29 is 19.1 Å². The summed E-state index contributed by atoms with van der Waals surface area (Å²) in [5, 5.41) is 0. The standard InChI is InChI=1S/C24H26N4O4/c1-27-13-18-11-16(9-8-15(18)10-17(24(27)31)12-22(29)32-3)23(30)28(2)14-21-25-19-6-4-5-7-20(19)26-21/h4-9,11,17H,10,12-14H2,1-3H3,(H,25,26). The first-order valence-corrected chi connectivity index (χ1v) is 10.5. The predicted molar refractivity (Wildman–Crippen MR) is 119 cm³/mol. The van der Waals surface area contributed by atoms with Crippen molar-refractivity contribution >= 4 is 28.8 Å². The Hall–Kier alpha value is -3.68. The highest BCUT2D eigenvalue weighted by molar-refractivity contribution is 5.94. The molecule has 1 aromatic heterocycles. The maximum atomic E-state index is 13.1. The number of methoxy groups -OCH3 is 1. The number of esters is 1. The average molecular weight is 434 g/mol. The minimum atomic E-state index is -0.467. The fourth-order valence-electron chi connectivity index (χ4n) is 4.14. The molecule has 0 radical (unpaired) electrons. The van der Waals surface area contributed by atoms with E-state index in [1.54, 1.807) is 30.0 Å². The van der Waals surface area contributed by atoms with Gasteiger partial charge in [-0.15, -0.1) is 0 Å². The van der Waals surface area contributed by atoms with Gasteiger partial charge in [0.25, 0.3) is 5.91 Å². The summed E-state index contributed by atoms with van der Waals surface area (Å²) in [4.78, 5) is 48.5. The Bertz CT molecular complexity index is 1150. The molecule has 0 aliphatic carbocycles. The summed E-state index contributed by atoms with van der Waals surface area (Å²) in [6, 6.07) is 13.2. The van der Waals surface area contributed by atoms with Crippen LogP contribution in [-0.4, -0.2) is 58.8 Å². The zero-order valence-electron chi connectivity index (χ0n) is 18.4.